The number of sulfonamides is 1. The van der Waals surface area contributed by atoms with Crippen LogP contribution in [-0.4, -0.2) is 30.1 Å². The van der Waals surface area contributed by atoms with Gasteiger partial charge in [0.2, 0.25) is 0 Å². The predicted octanol–water partition coefficient (Wildman–Crippen LogP) is 1.35. The predicted molar refractivity (Wildman–Crippen MR) is 90.3 cm³/mol. The second kappa shape index (κ2) is 5.88. The molecule has 0 fully saturated rings. The van der Waals surface area contributed by atoms with E-state index in [0.717, 1.165) is 0 Å². The van der Waals surface area contributed by atoms with E-state index in [9.17, 15) is 13.2 Å². The van der Waals surface area contributed by atoms with Crippen molar-refractivity contribution in [2.45, 2.75) is 18.7 Å². The number of anilines is 1. The Balaban J connectivity index is 2.06. The van der Waals surface area contributed by atoms with E-state index in [1.165, 1.54) is 36.9 Å². The molecule has 2 aromatic heterocycles. The second-order valence-electron chi connectivity index (χ2n) is 5.42. The molecule has 0 saturated heterocycles. The zero-order chi connectivity index (χ0) is 18.4. The third-order valence-corrected chi connectivity index (χ3v) is 5.09. The molecule has 0 spiro atoms. The molecule has 10 heteroatoms. The van der Waals surface area contributed by atoms with Crippen molar-refractivity contribution in [1.29, 1.82) is 0 Å². The molecule has 0 radical (unpaired) electrons. The van der Waals surface area contributed by atoms with Gasteiger partial charge in [-0.05, 0) is 32.0 Å². The van der Waals surface area contributed by atoms with E-state index in [2.05, 4.69) is 14.7 Å². The minimum Gasteiger partial charge on any atom is -0.467 e. The molecular weight excluding hydrogens is 348 g/mol. The number of rotatable bonds is 4. The van der Waals surface area contributed by atoms with Gasteiger partial charge in [-0.1, -0.05) is 0 Å². The average Bonchev–Trinajstić information content (AvgIpc) is 2.85. The Labute approximate surface area is 143 Å². The molecule has 132 valence electrons. The van der Waals surface area contributed by atoms with Crippen LogP contribution >= 0.6 is 0 Å². The third kappa shape index (κ3) is 2.95. The van der Waals surface area contributed by atoms with Crippen LogP contribution in [0.5, 0.6) is 6.01 Å². The first-order chi connectivity index (χ1) is 11.7. The molecular formula is C15H16N4O5S. The molecule has 0 aliphatic rings. The maximum Gasteiger partial charge on any atom is 0.419 e. The molecule has 1 aromatic carbocycles. The number of aromatic nitrogens is 3. The average molecular weight is 364 g/mol. The lowest BCUT2D eigenvalue weighted by atomic mass is 10.3. The van der Waals surface area contributed by atoms with Gasteiger partial charge in [0.15, 0.2) is 5.58 Å². The van der Waals surface area contributed by atoms with E-state index in [4.69, 9.17) is 9.15 Å². The smallest absolute Gasteiger partial charge is 0.419 e. The largest absolute Gasteiger partial charge is 0.467 e. The third-order valence-electron chi connectivity index (χ3n) is 3.74. The van der Waals surface area contributed by atoms with E-state index in [0.29, 0.717) is 22.5 Å². The fraction of sp³-hybridized carbons (Fsp3) is 0.267. The van der Waals surface area contributed by atoms with Crippen molar-refractivity contribution in [3.05, 3.63) is 40.1 Å². The second-order valence-corrected chi connectivity index (χ2v) is 7.10. The van der Waals surface area contributed by atoms with Crippen molar-refractivity contribution < 1.29 is 17.6 Å². The number of nitrogens with zero attached hydrogens (tertiary/aromatic N) is 3. The standard InChI is InChI=1S/C15H16N4O5S/c1-8-13(9(2)17-14(16-8)23-4)18-25(21,22)10-5-6-12-11(7-10)19(3)15(20)24-12/h5-7,18H,1-4H3. The van der Waals surface area contributed by atoms with E-state index in [1.807, 2.05) is 0 Å². The maximum atomic E-state index is 12.7. The summed E-state index contributed by atoms with van der Waals surface area (Å²) >= 11 is 0. The number of nitrogens with one attached hydrogen (secondary N) is 1. The van der Waals surface area contributed by atoms with Gasteiger partial charge in [0.25, 0.3) is 10.0 Å². The Bertz CT molecular complexity index is 1110. The van der Waals surface area contributed by atoms with Gasteiger partial charge in [-0.3, -0.25) is 9.29 Å². The summed E-state index contributed by atoms with van der Waals surface area (Å²) in [4.78, 5) is 19.7. The minimum absolute atomic E-state index is 0.00832. The van der Waals surface area contributed by atoms with Crippen LogP contribution in [-0.2, 0) is 17.1 Å². The summed E-state index contributed by atoms with van der Waals surface area (Å²) in [6.07, 6.45) is 0. The van der Waals surface area contributed by atoms with Crippen molar-refractivity contribution >= 4 is 26.8 Å². The van der Waals surface area contributed by atoms with Crippen molar-refractivity contribution in [3.8, 4) is 6.01 Å². The van der Waals surface area contributed by atoms with E-state index in [1.54, 1.807) is 13.8 Å². The van der Waals surface area contributed by atoms with E-state index < -0.39 is 15.8 Å². The summed E-state index contributed by atoms with van der Waals surface area (Å²) in [5.74, 6) is -0.562. The molecule has 3 rings (SSSR count). The van der Waals surface area contributed by atoms with Gasteiger partial charge in [0.05, 0.1) is 34.6 Å². The van der Waals surface area contributed by atoms with Gasteiger partial charge in [0.1, 0.15) is 0 Å². The molecule has 0 bridgehead atoms. The van der Waals surface area contributed by atoms with Crippen molar-refractivity contribution in [2.75, 3.05) is 11.8 Å². The quantitative estimate of drug-likeness (QED) is 0.742. The highest BCUT2D eigenvalue weighted by Crippen LogP contribution is 2.24. The number of fused-ring (bicyclic) bond motifs is 1. The first-order valence-electron chi connectivity index (χ1n) is 7.24. The Kier molecular flexibility index (Phi) is 3.99. The van der Waals surface area contributed by atoms with E-state index >= 15 is 0 Å². The molecule has 0 saturated carbocycles. The molecule has 0 aliphatic heterocycles. The fourth-order valence-electron chi connectivity index (χ4n) is 2.39. The monoisotopic (exact) mass is 364 g/mol. The summed E-state index contributed by atoms with van der Waals surface area (Å²) in [5, 5.41) is 0. The summed E-state index contributed by atoms with van der Waals surface area (Å²) in [6.45, 7) is 3.30. The first-order valence-corrected chi connectivity index (χ1v) is 8.73. The SMILES string of the molecule is COc1nc(C)c(NS(=O)(=O)c2ccc3oc(=O)n(C)c3c2)c(C)n1. The van der Waals surface area contributed by atoms with Crippen molar-refractivity contribution in [1.82, 2.24) is 14.5 Å². The number of oxazole rings is 1. The summed E-state index contributed by atoms with van der Waals surface area (Å²) < 4.78 is 39.1. The van der Waals surface area contributed by atoms with Gasteiger partial charge in [-0.15, -0.1) is 0 Å². The van der Waals surface area contributed by atoms with Crippen LogP contribution < -0.4 is 15.2 Å². The van der Waals surface area contributed by atoms with E-state index in [-0.39, 0.29) is 16.6 Å². The molecule has 9 nitrogen and oxygen atoms in total. The normalized spacial score (nSPS) is 11.7. The Morgan fingerprint density at radius 1 is 1.20 bits per heavy atom. The molecule has 0 aliphatic carbocycles. The number of hydrogen-bond donors (Lipinski definition) is 1. The van der Waals surface area contributed by atoms with Crippen LogP contribution in [0.2, 0.25) is 0 Å². The molecule has 1 N–H and O–H groups in total. The Morgan fingerprint density at radius 2 is 1.84 bits per heavy atom. The molecule has 0 amide bonds. The van der Waals surface area contributed by atoms with Crippen LogP contribution in [0.4, 0.5) is 5.69 Å². The Morgan fingerprint density at radius 3 is 2.44 bits per heavy atom. The van der Waals surface area contributed by atoms with Gasteiger partial charge < -0.3 is 9.15 Å². The highest BCUT2D eigenvalue weighted by molar-refractivity contribution is 7.92. The lowest BCUT2D eigenvalue weighted by Crippen LogP contribution is -2.16. The van der Waals surface area contributed by atoms with Crippen LogP contribution in [0.1, 0.15) is 11.4 Å². The highest BCUT2D eigenvalue weighted by atomic mass is 32.2. The molecule has 3 aromatic rings. The number of methoxy groups -OCH3 is 1. The first kappa shape index (κ1) is 17.0. The van der Waals surface area contributed by atoms with Gasteiger partial charge in [-0.2, -0.15) is 9.97 Å². The van der Waals surface area contributed by atoms with Gasteiger partial charge in [-0.25, -0.2) is 13.2 Å². The summed E-state index contributed by atoms with van der Waals surface area (Å²) in [6, 6.07) is 4.34. The van der Waals surface area contributed by atoms with Crippen molar-refractivity contribution in [3.63, 3.8) is 0 Å². The van der Waals surface area contributed by atoms with Crippen LogP contribution in [0.3, 0.4) is 0 Å². The number of aryl methyl sites for hydroxylation is 3. The van der Waals surface area contributed by atoms with Gasteiger partial charge >= 0.3 is 11.8 Å². The number of benzene rings is 1. The molecule has 0 unspecified atom stereocenters. The fourth-order valence-corrected chi connectivity index (χ4v) is 3.59. The molecule has 2 heterocycles. The molecule has 25 heavy (non-hydrogen) atoms. The lowest BCUT2D eigenvalue weighted by molar-refractivity contribution is 0.378. The van der Waals surface area contributed by atoms with Crippen molar-refractivity contribution in [2.24, 2.45) is 7.05 Å². The lowest BCUT2D eigenvalue weighted by Gasteiger charge is -2.13. The Hall–Kier alpha value is -2.88. The van der Waals surface area contributed by atoms with Crippen LogP contribution in [0.25, 0.3) is 11.1 Å². The topological polar surface area (TPSA) is 116 Å². The maximum absolute atomic E-state index is 12.7. The van der Waals surface area contributed by atoms with Gasteiger partial charge in [0, 0.05) is 7.05 Å². The minimum atomic E-state index is -3.90. The zero-order valence-corrected chi connectivity index (χ0v) is 14.8. The zero-order valence-electron chi connectivity index (χ0n) is 14.0. The summed E-state index contributed by atoms with van der Waals surface area (Å²) in [5.41, 5.74) is 1.84. The molecule has 0 atom stereocenters. The highest BCUT2D eigenvalue weighted by Gasteiger charge is 2.20. The number of ether oxygens (including phenoxy) is 1. The van der Waals surface area contributed by atoms with Crippen LogP contribution in [0, 0.1) is 13.8 Å². The van der Waals surface area contributed by atoms with Crippen LogP contribution in [0.15, 0.2) is 32.3 Å². The number of hydrogen-bond acceptors (Lipinski definition) is 7. The summed E-state index contributed by atoms with van der Waals surface area (Å²) in [7, 11) is -0.968.